The Bertz CT molecular complexity index is 555. The van der Waals surface area contributed by atoms with Gasteiger partial charge in [0.05, 0.1) is 5.69 Å². The van der Waals surface area contributed by atoms with Gasteiger partial charge in [0.2, 0.25) is 0 Å². The molecule has 2 aromatic rings. The van der Waals surface area contributed by atoms with Crippen molar-refractivity contribution < 1.29 is 9.18 Å². The molecular formula is C14H13FN2O. The van der Waals surface area contributed by atoms with Crippen molar-refractivity contribution in [2.24, 2.45) is 0 Å². The Morgan fingerprint density at radius 3 is 2.44 bits per heavy atom. The van der Waals surface area contributed by atoms with Gasteiger partial charge < -0.3 is 10.6 Å². The summed E-state index contributed by atoms with van der Waals surface area (Å²) in [5.41, 5.74) is 1.32. The molecule has 0 aliphatic carbocycles. The minimum atomic E-state index is -0.467. The fourth-order valence-corrected chi connectivity index (χ4v) is 1.55. The van der Waals surface area contributed by atoms with E-state index in [9.17, 15) is 9.18 Å². The molecule has 0 saturated carbocycles. The van der Waals surface area contributed by atoms with E-state index in [1.54, 1.807) is 31.2 Å². The van der Waals surface area contributed by atoms with Crippen molar-refractivity contribution in [3.63, 3.8) is 0 Å². The molecule has 0 aromatic heterocycles. The van der Waals surface area contributed by atoms with Crippen LogP contribution in [0.2, 0.25) is 0 Å². The number of para-hydroxylation sites is 1. The number of amides is 2. The molecule has 0 saturated heterocycles. The first-order valence-corrected chi connectivity index (χ1v) is 5.55. The monoisotopic (exact) mass is 244 g/mol. The first-order chi connectivity index (χ1) is 8.66. The predicted molar refractivity (Wildman–Crippen MR) is 70.2 cm³/mol. The van der Waals surface area contributed by atoms with E-state index in [0.29, 0.717) is 11.3 Å². The van der Waals surface area contributed by atoms with Crippen LogP contribution in [0.4, 0.5) is 20.6 Å². The van der Waals surface area contributed by atoms with Gasteiger partial charge in [-0.2, -0.15) is 0 Å². The second-order valence-electron chi connectivity index (χ2n) is 3.88. The number of rotatable bonds is 2. The van der Waals surface area contributed by atoms with Gasteiger partial charge in [-0.25, -0.2) is 9.18 Å². The van der Waals surface area contributed by atoms with Crippen LogP contribution in [0.1, 0.15) is 5.56 Å². The minimum Gasteiger partial charge on any atom is -0.308 e. The fourth-order valence-electron chi connectivity index (χ4n) is 1.55. The zero-order valence-electron chi connectivity index (χ0n) is 9.91. The summed E-state index contributed by atoms with van der Waals surface area (Å²) < 4.78 is 13.7. The van der Waals surface area contributed by atoms with Crippen LogP contribution in [-0.2, 0) is 0 Å². The Kier molecular flexibility index (Phi) is 3.57. The lowest BCUT2D eigenvalue weighted by Gasteiger charge is -2.09. The average Bonchev–Trinajstić information content (AvgIpc) is 2.36. The number of carbonyl (C=O) groups excluding carboxylic acids is 1. The van der Waals surface area contributed by atoms with Gasteiger partial charge in [0.15, 0.2) is 0 Å². The molecule has 2 rings (SSSR count). The average molecular weight is 244 g/mol. The largest absolute Gasteiger partial charge is 0.323 e. The molecule has 0 fully saturated rings. The highest BCUT2D eigenvalue weighted by Crippen LogP contribution is 2.17. The maximum atomic E-state index is 13.7. The maximum Gasteiger partial charge on any atom is 0.323 e. The number of carbonyl (C=O) groups is 1. The van der Waals surface area contributed by atoms with Gasteiger partial charge in [0.25, 0.3) is 0 Å². The summed E-state index contributed by atoms with van der Waals surface area (Å²) >= 11 is 0. The van der Waals surface area contributed by atoms with Crippen molar-refractivity contribution in [3.05, 3.63) is 59.9 Å². The molecular weight excluding hydrogens is 231 g/mol. The Morgan fingerprint density at radius 1 is 1.00 bits per heavy atom. The summed E-state index contributed by atoms with van der Waals surface area (Å²) in [4.78, 5) is 11.7. The molecule has 18 heavy (non-hydrogen) atoms. The number of aryl methyl sites for hydroxylation is 1. The predicted octanol–water partition coefficient (Wildman–Crippen LogP) is 3.78. The van der Waals surface area contributed by atoms with Gasteiger partial charge in [0.1, 0.15) is 5.82 Å². The molecule has 0 spiro atoms. The Morgan fingerprint density at radius 2 is 1.72 bits per heavy atom. The molecule has 4 heteroatoms. The van der Waals surface area contributed by atoms with Gasteiger partial charge in [-0.15, -0.1) is 0 Å². The third-order valence-corrected chi connectivity index (χ3v) is 2.47. The van der Waals surface area contributed by atoms with Crippen LogP contribution in [0.25, 0.3) is 0 Å². The van der Waals surface area contributed by atoms with Crippen molar-refractivity contribution in [1.29, 1.82) is 0 Å². The molecule has 2 N–H and O–H groups in total. The molecule has 0 heterocycles. The molecule has 0 aliphatic rings. The van der Waals surface area contributed by atoms with Crippen LogP contribution in [-0.4, -0.2) is 6.03 Å². The van der Waals surface area contributed by atoms with E-state index in [-0.39, 0.29) is 5.69 Å². The maximum absolute atomic E-state index is 13.7. The van der Waals surface area contributed by atoms with Crippen LogP contribution >= 0.6 is 0 Å². The third kappa shape index (κ3) is 2.85. The lowest BCUT2D eigenvalue weighted by Crippen LogP contribution is -2.20. The molecule has 92 valence electrons. The van der Waals surface area contributed by atoms with Crippen molar-refractivity contribution in [2.45, 2.75) is 6.92 Å². The lowest BCUT2D eigenvalue weighted by molar-refractivity contribution is 0.262. The summed E-state index contributed by atoms with van der Waals surface area (Å²) in [6.07, 6.45) is 0. The van der Waals surface area contributed by atoms with Crippen molar-refractivity contribution >= 4 is 17.4 Å². The first kappa shape index (κ1) is 12.1. The molecule has 0 radical (unpaired) electrons. The van der Waals surface area contributed by atoms with Crippen molar-refractivity contribution in [3.8, 4) is 0 Å². The second-order valence-corrected chi connectivity index (χ2v) is 3.88. The number of nitrogens with one attached hydrogen (secondary N) is 2. The number of urea groups is 1. The molecule has 0 aliphatic heterocycles. The Hall–Kier alpha value is -2.36. The van der Waals surface area contributed by atoms with E-state index >= 15 is 0 Å². The summed E-state index contributed by atoms with van der Waals surface area (Å²) in [5.74, 6) is -0.416. The van der Waals surface area contributed by atoms with E-state index in [1.807, 2.05) is 18.2 Å². The highest BCUT2D eigenvalue weighted by Gasteiger charge is 2.08. The summed E-state index contributed by atoms with van der Waals surface area (Å²) in [6.45, 7) is 1.65. The summed E-state index contributed by atoms with van der Waals surface area (Å²) in [6, 6.07) is 13.4. The smallest absolute Gasteiger partial charge is 0.308 e. The highest BCUT2D eigenvalue weighted by atomic mass is 19.1. The van der Waals surface area contributed by atoms with E-state index in [1.165, 1.54) is 6.07 Å². The fraction of sp³-hybridized carbons (Fsp3) is 0.0714. The van der Waals surface area contributed by atoms with Crippen molar-refractivity contribution in [2.75, 3.05) is 10.6 Å². The van der Waals surface area contributed by atoms with Crippen LogP contribution in [0.5, 0.6) is 0 Å². The zero-order chi connectivity index (χ0) is 13.0. The minimum absolute atomic E-state index is 0.170. The normalized spacial score (nSPS) is 9.89. The Balaban J connectivity index is 2.06. The molecule has 0 unspecified atom stereocenters. The van der Waals surface area contributed by atoms with Gasteiger partial charge >= 0.3 is 6.03 Å². The number of halogens is 1. The second kappa shape index (κ2) is 5.31. The molecule has 2 amide bonds. The number of hydrogen-bond donors (Lipinski definition) is 2. The zero-order valence-corrected chi connectivity index (χ0v) is 9.91. The van der Waals surface area contributed by atoms with Crippen molar-refractivity contribution in [1.82, 2.24) is 0 Å². The van der Waals surface area contributed by atoms with E-state index in [0.717, 1.165) is 0 Å². The number of hydrogen-bond acceptors (Lipinski definition) is 1. The molecule has 2 aromatic carbocycles. The van der Waals surface area contributed by atoms with Crippen LogP contribution in [0.3, 0.4) is 0 Å². The van der Waals surface area contributed by atoms with Crippen LogP contribution in [0, 0.1) is 12.7 Å². The van der Waals surface area contributed by atoms with E-state index < -0.39 is 11.8 Å². The topological polar surface area (TPSA) is 41.1 Å². The summed E-state index contributed by atoms with van der Waals surface area (Å²) in [7, 11) is 0. The first-order valence-electron chi connectivity index (χ1n) is 5.55. The standard InChI is InChI=1S/C14H13FN2O/c1-10-6-5-9-12(13(10)15)17-14(18)16-11-7-3-2-4-8-11/h2-9H,1H3,(H2,16,17,18). The van der Waals surface area contributed by atoms with Gasteiger partial charge in [-0.1, -0.05) is 30.3 Å². The SMILES string of the molecule is Cc1cccc(NC(=O)Nc2ccccc2)c1F. The number of benzene rings is 2. The van der Waals surface area contributed by atoms with Gasteiger partial charge in [-0.3, -0.25) is 0 Å². The quantitative estimate of drug-likeness (QED) is 0.829. The molecule has 0 bridgehead atoms. The molecule has 3 nitrogen and oxygen atoms in total. The lowest BCUT2D eigenvalue weighted by atomic mass is 10.2. The Labute approximate surface area is 105 Å². The van der Waals surface area contributed by atoms with E-state index in [2.05, 4.69) is 10.6 Å². The van der Waals surface area contributed by atoms with E-state index in [4.69, 9.17) is 0 Å². The van der Waals surface area contributed by atoms with Gasteiger partial charge in [-0.05, 0) is 30.7 Å². The number of anilines is 2. The third-order valence-electron chi connectivity index (χ3n) is 2.47. The summed E-state index contributed by atoms with van der Waals surface area (Å²) in [5, 5.41) is 5.09. The van der Waals surface area contributed by atoms with Crippen LogP contribution in [0.15, 0.2) is 48.5 Å². The van der Waals surface area contributed by atoms with Gasteiger partial charge in [0, 0.05) is 5.69 Å². The highest BCUT2D eigenvalue weighted by molar-refractivity contribution is 5.99. The van der Waals surface area contributed by atoms with Crippen LogP contribution < -0.4 is 10.6 Å². The molecule has 0 atom stereocenters.